The number of amides is 1. The zero-order valence-corrected chi connectivity index (χ0v) is 11.6. The summed E-state index contributed by atoms with van der Waals surface area (Å²) in [6.07, 6.45) is -2.28. The Kier molecular flexibility index (Phi) is 4.44. The van der Waals surface area contributed by atoms with E-state index in [2.05, 4.69) is 0 Å². The van der Waals surface area contributed by atoms with Gasteiger partial charge in [-0.25, -0.2) is 0 Å². The molecule has 1 aromatic carbocycles. The molecule has 0 aromatic heterocycles. The quantitative estimate of drug-likeness (QED) is 0.922. The van der Waals surface area contributed by atoms with E-state index in [1.54, 1.807) is 12.1 Å². The molecule has 2 N–H and O–H groups in total. The number of halogens is 3. The van der Waals surface area contributed by atoms with Crippen LogP contribution >= 0.6 is 0 Å². The molecular weight excluding hydrogens is 283 g/mol. The number of alkyl halides is 3. The highest BCUT2D eigenvalue weighted by atomic mass is 19.4. The number of para-hydroxylation sites is 1. The lowest BCUT2D eigenvalue weighted by Gasteiger charge is -2.38. The second-order valence-corrected chi connectivity index (χ2v) is 5.49. The summed E-state index contributed by atoms with van der Waals surface area (Å²) in [6, 6.07) is 6.10. The first-order valence-corrected chi connectivity index (χ1v) is 6.94. The molecule has 3 nitrogen and oxygen atoms in total. The third-order valence-electron chi connectivity index (χ3n) is 4.07. The van der Waals surface area contributed by atoms with Crippen molar-refractivity contribution in [1.82, 2.24) is 0 Å². The predicted molar refractivity (Wildman–Crippen MR) is 72.0 cm³/mol. The number of hydrogen-bond acceptors (Lipinski definition) is 2. The zero-order chi connectivity index (χ0) is 15.5. The van der Waals surface area contributed by atoms with Crippen LogP contribution in [0.5, 0.6) is 5.75 Å². The maximum atomic E-state index is 13.4. The van der Waals surface area contributed by atoms with Crippen LogP contribution in [0.25, 0.3) is 0 Å². The van der Waals surface area contributed by atoms with Gasteiger partial charge in [-0.3, -0.25) is 4.79 Å². The third kappa shape index (κ3) is 3.31. The lowest BCUT2D eigenvalue weighted by Crippen LogP contribution is -2.44. The molecule has 1 fully saturated rings. The first-order valence-electron chi connectivity index (χ1n) is 6.94. The predicted octanol–water partition coefficient (Wildman–Crippen LogP) is 3.68. The van der Waals surface area contributed by atoms with Crippen molar-refractivity contribution >= 4 is 5.91 Å². The van der Waals surface area contributed by atoms with Crippen molar-refractivity contribution in [3.05, 3.63) is 29.8 Å². The fourth-order valence-corrected chi connectivity index (χ4v) is 2.75. The number of rotatable bonds is 4. The molecule has 0 spiro atoms. The van der Waals surface area contributed by atoms with E-state index in [0.717, 1.165) is 6.42 Å². The van der Waals surface area contributed by atoms with E-state index in [1.807, 2.05) is 0 Å². The Morgan fingerprint density at radius 2 is 1.81 bits per heavy atom. The second kappa shape index (κ2) is 5.95. The molecule has 1 saturated carbocycles. The highest BCUT2D eigenvalue weighted by Gasteiger charge is 2.55. The van der Waals surface area contributed by atoms with Crippen molar-refractivity contribution in [3.63, 3.8) is 0 Å². The van der Waals surface area contributed by atoms with Gasteiger partial charge in [-0.05, 0) is 25.0 Å². The average Bonchev–Trinajstić information content (AvgIpc) is 2.45. The van der Waals surface area contributed by atoms with Gasteiger partial charge in [0.15, 0.2) is 0 Å². The Hall–Kier alpha value is -1.72. The summed E-state index contributed by atoms with van der Waals surface area (Å²) in [7, 11) is 0. The zero-order valence-electron chi connectivity index (χ0n) is 11.6. The minimum absolute atomic E-state index is 0.0647. The van der Waals surface area contributed by atoms with Gasteiger partial charge in [0.25, 0.3) is 5.91 Å². The van der Waals surface area contributed by atoms with Crippen LogP contribution in [0.2, 0.25) is 0 Å². The first kappa shape index (κ1) is 15.7. The number of benzene rings is 1. The average molecular weight is 301 g/mol. The Morgan fingerprint density at radius 3 is 2.38 bits per heavy atom. The number of nitrogens with two attached hydrogens (primary N) is 1. The molecule has 1 aliphatic rings. The van der Waals surface area contributed by atoms with E-state index >= 15 is 0 Å². The van der Waals surface area contributed by atoms with Gasteiger partial charge in [0.05, 0.1) is 11.0 Å². The number of primary amides is 1. The van der Waals surface area contributed by atoms with Crippen molar-refractivity contribution in [3.8, 4) is 5.75 Å². The summed E-state index contributed by atoms with van der Waals surface area (Å²) in [5, 5.41) is 0. The minimum Gasteiger partial charge on any atom is -0.492 e. The Bertz CT molecular complexity index is 508. The third-order valence-corrected chi connectivity index (χ3v) is 4.07. The maximum absolute atomic E-state index is 13.4. The molecule has 0 unspecified atom stereocenters. The van der Waals surface area contributed by atoms with Crippen LogP contribution < -0.4 is 10.5 Å². The van der Waals surface area contributed by atoms with E-state index in [4.69, 9.17) is 10.5 Å². The fraction of sp³-hybridized carbons (Fsp3) is 0.533. The van der Waals surface area contributed by atoms with Crippen LogP contribution in [0.1, 0.15) is 42.5 Å². The molecule has 0 atom stereocenters. The van der Waals surface area contributed by atoms with Gasteiger partial charge in [-0.15, -0.1) is 0 Å². The summed E-state index contributed by atoms with van der Waals surface area (Å²) in [5.41, 5.74) is 3.48. The number of carbonyl (C=O) groups excluding carboxylic acids is 1. The van der Waals surface area contributed by atoms with Gasteiger partial charge in [0.2, 0.25) is 0 Å². The molecule has 0 aliphatic heterocycles. The molecule has 1 aromatic rings. The lowest BCUT2D eigenvalue weighted by molar-refractivity contribution is -0.243. The summed E-state index contributed by atoms with van der Waals surface area (Å²) < 4.78 is 45.5. The molecule has 0 radical (unpaired) electrons. The Balaban J connectivity index is 2.18. The van der Waals surface area contributed by atoms with Crippen LogP contribution in [0, 0.1) is 5.41 Å². The standard InChI is InChI=1S/C15H18F3NO2/c16-15(17,18)14(8-4-1-5-9-14)10-21-12-7-3-2-6-11(12)13(19)20/h2-3,6-7H,1,4-5,8-10H2,(H2,19,20). The summed E-state index contributed by atoms with van der Waals surface area (Å²) in [4.78, 5) is 11.3. The molecule has 116 valence electrons. The molecule has 0 bridgehead atoms. The summed E-state index contributed by atoms with van der Waals surface area (Å²) >= 11 is 0. The second-order valence-electron chi connectivity index (χ2n) is 5.49. The number of carbonyl (C=O) groups is 1. The van der Waals surface area contributed by atoms with E-state index < -0.39 is 24.1 Å². The van der Waals surface area contributed by atoms with Crippen molar-refractivity contribution in [2.75, 3.05) is 6.61 Å². The van der Waals surface area contributed by atoms with E-state index in [-0.39, 0.29) is 24.2 Å². The first-order chi connectivity index (χ1) is 9.86. The summed E-state index contributed by atoms with van der Waals surface area (Å²) in [5.74, 6) is -0.602. The van der Waals surface area contributed by atoms with Gasteiger partial charge in [0.1, 0.15) is 12.4 Å². The molecule has 6 heteroatoms. The normalized spacial score (nSPS) is 18.2. The van der Waals surface area contributed by atoms with Gasteiger partial charge in [-0.2, -0.15) is 13.2 Å². The molecule has 0 saturated heterocycles. The Labute approximate surface area is 121 Å². The van der Waals surface area contributed by atoms with Crippen LogP contribution in [0.4, 0.5) is 13.2 Å². The van der Waals surface area contributed by atoms with Gasteiger partial charge < -0.3 is 10.5 Å². The smallest absolute Gasteiger partial charge is 0.397 e. The molecular formula is C15H18F3NO2. The van der Waals surface area contributed by atoms with Crippen molar-refractivity contribution in [2.45, 2.75) is 38.3 Å². The molecule has 21 heavy (non-hydrogen) atoms. The van der Waals surface area contributed by atoms with Crippen LogP contribution in [-0.4, -0.2) is 18.7 Å². The molecule has 2 rings (SSSR count). The minimum atomic E-state index is -4.31. The Morgan fingerprint density at radius 1 is 1.19 bits per heavy atom. The highest BCUT2D eigenvalue weighted by molar-refractivity contribution is 5.95. The topological polar surface area (TPSA) is 52.3 Å². The molecule has 1 aliphatic carbocycles. The summed E-state index contributed by atoms with van der Waals surface area (Å²) in [6.45, 7) is -0.471. The van der Waals surface area contributed by atoms with Crippen molar-refractivity contribution < 1.29 is 22.7 Å². The monoisotopic (exact) mass is 301 g/mol. The highest BCUT2D eigenvalue weighted by Crippen LogP contribution is 2.49. The van der Waals surface area contributed by atoms with Crippen LogP contribution in [-0.2, 0) is 0 Å². The number of hydrogen-bond donors (Lipinski definition) is 1. The lowest BCUT2D eigenvalue weighted by atomic mass is 9.74. The molecule has 1 amide bonds. The number of ether oxygens (including phenoxy) is 1. The van der Waals surface area contributed by atoms with Crippen molar-refractivity contribution in [1.29, 1.82) is 0 Å². The maximum Gasteiger partial charge on any atom is 0.397 e. The van der Waals surface area contributed by atoms with E-state index in [1.165, 1.54) is 12.1 Å². The van der Waals surface area contributed by atoms with Gasteiger partial charge in [0, 0.05) is 0 Å². The molecule has 0 heterocycles. The van der Waals surface area contributed by atoms with Crippen LogP contribution in [0.15, 0.2) is 24.3 Å². The van der Waals surface area contributed by atoms with Gasteiger partial charge >= 0.3 is 6.18 Å². The SMILES string of the molecule is NC(=O)c1ccccc1OCC1(C(F)(F)F)CCCCC1. The van der Waals surface area contributed by atoms with E-state index in [0.29, 0.717) is 12.8 Å². The fourth-order valence-electron chi connectivity index (χ4n) is 2.75. The van der Waals surface area contributed by atoms with E-state index in [9.17, 15) is 18.0 Å². The van der Waals surface area contributed by atoms with Gasteiger partial charge in [-0.1, -0.05) is 31.4 Å². The largest absolute Gasteiger partial charge is 0.492 e. The van der Waals surface area contributed by atoms with Crippen molar-refractivity contribution in [2.24, 2.45) is 11.1 Å². The van der Waals surface area contributed by atoms with Crippen LogP contribution in [0.3, 0.4) is 0 Å².